The average Bonchev–Trinajstić information content (AvgIpc) is 3.04. The number of ether oxygens (including phenoxy) is 1. The largest absolute Gasteiger partial charge is 0.381 e. The van der Waals surface area contributed by atoms with E-state index in [2.05, 4.69) is 44.1 Å². The number of nitrogens with one attached hydrogen (secondary N) is 3. The lowest BCUT2D eigenvalue weighted by atomic mass is 10.2. The number of hydrogen-bond donors (Lipinski definition) is 3. The molecule has 0 aliphatic carbocycles. The van der Waals surface area contributed by atoms with Crippen LogP contribution >= 0.6 is 11.8 Å². The first-order valence-corrected chi connectivity index (χ1v) is 15.2. The van der Waals surface area contributed by atoms with Crippen LogP contribution in [0.1, 0.15) is 38.7 Å². The van der Waals surface area contributed by atoms with Crippen molar-refractivity contribution in [3.8, 4) is 0 Å². The fourth-order valence-corrected chi connectivity index (χ4v) is 5.09. The van der Waals surface area contributed by atoms with Crippen molar-refractivity contribution < 1.29 is 9.53 Å². The summed E-state index contributed by atoms with van der Waals surface area (Å²) in [7, 11) is 3.36. The molecule has 2 aliphatic rings. The molecule has 1 aromatic heterocycles. The fraction of sp³-hybridized carbons (Fsp3) is 0.452. The van der Waals surface area contributed by atoms with Crippen molar-refractivity contribution in [3.63, 3.8) is 0 Å². The molecule has 41 heavy (non-hydrogen) atoms. The molecular formula is C31H47N7O2S. The molecule has 2 aromatic rings. The van der Waals surface area contributed by atoms with Crippen LogP contribution in [0.5, 0.6) is 0 Å². The van der Waals surface area contributed by atoms with Gasteiger partial charge in [-0.15, -0.1) is 0 Å². The number of carbonyl (C=O) groups excluding carboxylic acids is 1. The highest BCUT2D eigenvalue weighted by Gasteiger charge is 2.16. The highest BCUT2D eigenvalue weighted by Crippen LogP contribution is 2.34. The Labute approximate surface area is 250 Å². The summed E-state index contributed by atoms with van der Waals surface area (Å²) in [6, 6.07) is 7.81. The molecule has 0 saturated carbocycles. The van der Waals surface area contributed by atoms with E-state index < -0.39 is 0 Å². The highest BCUT2D eigenvalue weighted by atomic mass is 32.2. The molecule has 0 atom stereocenters. The number of rotatable bonds is 8. The number of thioether (sulfide) groups is 1. The van der Waals surface area contributed by atoms with Crippen molar-refractivity contribution in [2.45, 2.75) is 44.9 Å². The first-order chi connectivity index (χ1) is 19.9. The average molecular weight is 582 g/mol. The van der Waals surface area contributed by atoms with Crippen molar-refractivity contribution in [2.24, 2.45) is 4.99 Å². The van der Waals surface area contributed by atoms with E-state index in [-0.39, 0.29) is 6.03 Å². The maximum Gasteiger partial charge on any atom is 0.321 e. The molecule has 1 aromatic carbocycles. The summed E-state index contributed by atoms with van der Waals surface area (Å²) in [6.45, 7) is 19.6. The third kappa shape index (κ3) is 10.9. The van der Waals surface area contributed by atoms with Crippen LogP contribution in [0.25, 0.3) is 0 Å². The number of aryl methyl sites for hydroxylation is 1. The van der Waals surface area contributed by atoms with Gasteiger partial charge in [-0.05, 0) is 56.7 Å². The topological polar surface area (TPSA) is 94.1 Å². The van der Waals surface area contributed by atoms with Crippen molar-refractivity contribution in [2.75, 3.05) is 68.6 Å². The van der Waals surface area contributed by atoms with E-state index in [0.717, 1.165) is 66.9 Å². The predicted octanol–water partition coefficient (Wildman–Crippen LogP) is 6.05. The minimum absolute atomic E-state index is 0.184. The van der Waals surface area contributed by atoms with Crippen molar-refractivity contribution in [1.29, 1.82) is 0 Å². The number of pyridine rings is 1. The van der Waals surface area contributed by atoms with Crippen molar-refractivity contribution in [1.82, 2.24) is 15.6 Å². The summed E-state index contributed by atoms with van der Waals surface area (Å²) < 4.78 is 5.07. The lowest BCUT2D eigenvalue weighted by molar-refractivity contribution is 0.0968. The third-order valence-electron chi connectivity index (χ3n) is 6.39. The number of carbonyl (C=O) groups is 1. The molecular weight excluding hydrogens is 534 g/mol. The normalized spacial score (nSPS) is 14.9. The number of anilines is 3. The van der Waals surface area contributed by atoms with E-state index in [1.54, 1.807) is 31.4 Å². The Morgan fingerprint density at radius 1 is 1.20 bits per heavy atom. The van der Waals surface area contributed by atoms with Gasteiger partial charge in [0.25, 0.3) is 0 Å². The predicted molar refractivity (Wildman–Crippen MR) is 176 cm³/mol. The van der Waals surface area contributed by atoms with Crippen LogP contribution in [0.15, 0.2) is 69.9 Å². The van der Waals surface area contributed by atoms with Gasteiger partial charge in [0.2, 0.25) is 0 Å². The number of piperazine rings is 1. The second-order valence-corrected chi connectivity index (χ2v) is 10.2. The van der Waals surface area contributed by atoms with E-state index in [0.29, 0.717) is 11.4 Å². The monoisotopic (exact) mass is 581 g/mol. The first-order valence-electron chi connectivity index (χ1n) is 14.3. The minimum Gasteiger partial charge on any atom is -0.381 e. The molecule has 0 bridgehead atoms. The zero-order valence-corrected chi connectivity index (χ0v) is 26.1. The summed E-state index contributed by atoms with van der Waals surface area (Å²) in [5.41, 5.74) is 5.07. The summed E-state index contributed by atoms with van der Waals surface area (Å²) in [6.07, 6.45) is 7.53. The quantitative estimate of drug-likeness (QED) is 0.199. The number of aliphatic imine (C=N–C) groups is 1. The number of aromatic nitrogens is 1. The Hall–Kier alpha value is -3.34. The molecule has 2 fully saturated rings. The molecule has 3 N–H and O–H groups in total. The summed E-state index contributed by atoms with van der Waals surface area (Å²) in [5, 5.41) is 11.3. The Morgan fingerprint density at radius 2 is 1.90 bits per heavy atom. The van der Waals surface area contributed by atoms with Crippen LogP contribution < -0.4 is 25.8 Å². The number of urea groups is 1. The first kappa shape index (κ1) is 33.9. The molecule has 224 valence electrons. The number of hydrogen-bond acceptors (Lipinski definition) is 8. The molecule has 0 spiro atoms. The maximum absolute atomic E-state index is 12.2. The van der Waals surface area contributed by atoms with Gasteiger partial charge in [-0.3, -0.25) is 14.9 Å². The van der Waals surface area contributed by atoms with Gasteiger partial charge in [-0.1, -0.05) is 38.3 Å². The standard InChI is InChI=1S/C24H31N7OS.C5H10O.C2H6/c1-17-6-7-23(22(14-17)30(5)24(32)26-4)33-16-20(25-3)18(2)29-19-15-28-9-8-21(19)31-12-10-27-11-13-31;1-2-4-6-5-3-1;1-2/h6-9,14-16,27,29H,2-3,10-13H2,1,4-5H3,(H,26,32);1-5H2;1-2H3/b20-16-;;. The summed E-state index contributed by atoms with van der Waals surface area (Å²) >= 11 is 1.46. The molecule has 2 amide bonds. The van der Waals surface area contributed by atoms with Gasteiger partial charge in [0, 0.05) is 70.0 Å². The number of nitrogens with zero attached hydrogens (tertiary/aromatic N) is 4. The Balaban J connectivity index is 0.000000640. The molecule has 2 aliphatic heterocycles. The molecule has 9 nitrogen and oxygen atoms in total. The van der Waals surface area contributed by atoms with E-state index >= 15 is 0 Å². The van der Waals surface area contributed by atoms with Gasteiger partial charge in [0.1, 0.15) is 0 Å². The van der Waals surface area contributed by atoms with E-state index in [1.165, 1.54) is 31.0 Å². The van der Waals surface area contributed by atoms with Gasteiger partial charge in [-0.2, -0.15) is 0 Å². The van der Waals surface area contributed by atoms with Crippen molar-refractivity contribution >= 4 is 41.6 Å². The lowest BCUT2D eigenvalue weighted by Gasteiger charge is -2.31. The third-order valence-corrected chi connectivity index (χ3v) is 7.33. The molecule has 3 heterocycles. The second kappa shape index (κ2) is 18.9. The Bertz CT molecular complexity index is 1130. The van der Waals surface area contributed by atoms with E-state index in [9.17, 15) is 4.79 Å². The maximum atomic E-state index is 12.2. The van der Waals surface area contributed by atoms with Gasteiger partial charge in [-0.25, -0.2) is 4.79 Å². The lowest BCUT2D eigenvalue weighted by Crippen LogP contribution is -2.43. The Kier molecular flexibility index (Phi) is 15.6. The van der Waals surface area contributed by atoms with Crippen LogP contribution in [0.2, 0.25) is 0 Å². The second-order valence-electron chi connectivity index (χ2n) is 9.27. The SMILES string of the molecule is C1CCOCC1.C=N/C(=C\Sc1ccc(C)cc1N(C)C(=O)NC)C(=C)Nc1cnccc1N1CCNCC1.CC. The smallest absolute Gasteiger partial charge is 0.321 e. The van der Waals surface area contributed by atoms with Gasteiger partial charge >= 0.3 is 6.03 Å². The number of benzene rings is 1. The number of amides is 2. The minimum atomic E-state index is -0.184. The van der Waals surface area contributed by atoms with Gasteiger partial charge in [0.05, 0.1) is 34.7 Å². The van der Waals surface area contributed by atoms with Gasteiger partial charge in [0.15, 0.2) is 0 Å². The fourth-order valence-electron chi connectivity index (χ4n) is 4.17. The highest BCUT2D eigenvalue weighted by molar-refractivity contribution is 8.02. The molecule has 0 unspecified atom stereocenters. The van der Waals surface area contributed by atoms with E-state index in [1.807, 2.05) is 50.4 Å². The van der Waals surface area contributed by atoms with Crippen LogP contribution in [-0.4, -0.2) is 71.2 Å². The zero-order valence-electron chi connectivity index (χ0n) is 25.3. The van der Waals surface area contributed by atoms with Crippen LogP contribution in [0.3, 0.4) is 0 Å². The summed E-state index contributed by atoms with van der Waals surface area (Å²) in [5.74, 6) is 0. The summed E-state index contributed by atoms with van der Waals surface area (Å²) in [4.78, 5) is 25.4. The molecule has 2 saturated heterocycles. The van der Waals surface area contributed by atoms with Crippen LogP contribution in [0.4, 0.5) is 21.9 Å². The van der Waals surface area contributed by atoms with Gasteiger partial charge < -0.3 is 25.6 Å². The molecule has 10 heteroatoms. The van der Waals surface area contributed by atoms with E-state index in [4.69, 9.17) is 4.74 Å². The zero-order chi connectivity index (χ0) is 30.0. The van der Waals surface area contributed by atoms with Crippen LogP contribution in [0, 0.1) is 6.92 Å². The molecule has 4 rings (SSSR count). The molecule has 0 radical (unpaired) electrons. The van der Waals surface area contributed by atoms with Crippen molar-refractivity contribution in [3.05, 3.63) is 65.6 Å². The Morgan fingerprint density at radius 3 is 2.49 bits per heavy atom. The van der Waals surface area contributed by atoms with Crippen LogP contribution in [-0.2, 0) is 4.74 Å².